The molecule has 16 nitrogen and oxygen atoms in total. The van der Waals surface area contributed by atoms with E-state index in [9.17, 15) is 29.1 Å². The summed E-state index contributed by atoms with van der Waals surface area (Å²) in [6, 6.07) is 32.7. The third-order valence-electron chi connectivity index (χ3n) is 17.2. The second-order valence-electron chi connectivity index (χ2n) is 21.7. The topological polar surface area (TPSA) is 198 Å². The molecule has 10 aliphatic rings. The molecule has 4 aliphatic carbocycles. The van der Waals surface area contributed by atoms with Crippen molar-refractivity contribution in [3.63, 3.8) is 0 Å². The number of hydrogen-bond donors (Lipinski definition) is 3. The lowest BCUT2D eigenvalue weighted by Crippen LogP contribution is -2.60. The first-order valence-electron chi connectivity index (χ1n) is 26.4. The van der Waals surface area contributed by atoms with E-state index in [1.165, 1.54) is 16.9 Å². The summed E-state index contributed by atoms with van der Waals surface area (Å²) in [6.45, 7) is 5.81. The number of fused-ring (bicyclic) bond motifs is 1. The Morgan fingerprint density at radius 3 is 1.83 bits per heavy atom. The number of ether oxygens (including phenoxy) is 2. The number of methoxy groups -OCH3 is 1. The Hall–Kier alpha value is -7.07. The molecule has 396 valence electrons. The van der Waals surface area contributed by atoms with Crippen LogP contribution in [0.15, 0.2) is 120 Å². The number of rotatable bonds is 8. The van der Waals surface area contributed by atoms with Crippen LogP contribution >= 0.6 is 0 Å². The summed E-state index contributed by atoms with van der Waals surface area (Å²) in [5.41, 5.74) is 3.64. The summed E-state index contributed by atoms with van der Waals surface area (Å²) < 4.78 is 11.1. The van der Waals surface area contributed by atoms with E-state index >= 15 is 0 Å². The summed E-state index contributed by atoms with van der Waals surface area (Å²) in [6.07, 6.45) is 5.30. The van der Waals surface area contributed by atoms with Crippen molar-refractivity contribution in [2.24, 2.45) is 56.6 Å². The molecular weight excluding hydrogens is 953 g/mol. The quantitative estimate of drug-likeness (QED) is 0.143. The van der Waals surface area contributed by atoms with Crippen LogP contribution in [0.3, 0.4) is 0 Å². The molecule has 4 aromatic rings. The minimum atomic E-state index is -0.557. The van der Waals surface area contributed by atoms with Crippen molar-refractivity contribution in [1.82, 2.24) is 9.80 Å². The fourth-order valence-corrected chi connectivity index (χ4v) is 13.2. The zero-order valence-electron chi connectivity index (χ0n) is 43.5. The van der Waals surface area contributed by atoms with Gasteiger partial charge in [-0.2, -0.15) is 0 Å². The van der Waals surface area contributed by atoms with E-state index in [1.54, 1.807) is 48.5 Å². The van der Waals surface area contributed by atoms with E-state index in [0.29, 0.717) is 55.0 Å². The number of carbonyl (C=O) groups excluding carboxylic acids is 5. The van der Waals surface area contributed by atoms with Gasteiger partial charge in [-0.1, -0.05) is 91.7 Å². The van der Waals surface area contributed by atoms with Crippen LogP contribution in [0.4, 0.5) is 11.4 Å². The molecule has 8 bridgehead atoms. The Labute approximate surface area is 439 Å². The largest absolute Gasteiger partial charge is 0.469 e. The summed E-state index contributed by atoms with van der Waals surface area (Å²) in [4.78, 5) is 83.8. The van der Waals surface area contributed by atoms with Gasteiger partial charge in [-0.05, 0) is 146 Å². The minimum absolute atomic E-state index is 0.00800. The number of carbonyl (C=O) groups is 5. The predicted octanol–water partition coefficient (Wildman–Crippen LogP) is 9.00. The van der Waals surface area contributed by atoms with Gasteiger partial charge in [-0.25, -0.2) is 0 Å². The molecule has 6 heterocycles. The molecule has 16 heteroatoms. The van der Waals surface area contributed by atoms with Gasteiger partial charge >= 0.3 is 5.97 Å². The Morgan fingerprint density at radius 1 is 0.733 bits per heavy atom. The molecule has 4 amide bonds. The zero-order chi connectivity index (χ0) is 52.7. The van der Waals surface area contributed by atoms with E-state index in [1.807, 2.05) is 60.7 Å². The lowest BCUT2D eigenvalue weighted by molar-refractivity contribution is -0.141. The van der Waals surface area contributed by atoms with Gasteiger partial charge in [0, 0.05) is 42.2 Å². The second kappa shape index (κ2) is 23.2. The first-order valence-corrected chi connectivity index (χ1v) is 26.4. The molecule has 75 heavy (non-hydrogen) atoms. The van der Waals surface area contributed by atoms with Crippen molar-refractivity contribution in [2.45, 2.75) is 97.8 Å². The Morgan fingerprint density at radius 2 is 1.28 bits per heavy atom. The number of amides is 4. The van der Waals surface area contributed by atoms with Crippen LogP contribution in [-0.2, 0) is 51.5 Å². The molecule has 0 aromatic heterocycles. The van der Waals surface area contributed by atoms with Gasteiger partial charge in [0.2, 0.25) is 11.8 Å². The molecular formula is C59H70N6O10. The van der Waals surface area contributed by atoms with E-state index in [0.717, 1.165) is 41.8 Å². The highest BCUT2D eigenvalue weighted by Crippen LogP contribution is 2.67. The van der Waals surface area contributed by atoms with Crippen molar-refractivity contribution in [3.05, 3.63) is 120 Å². The Kier molecular flexibility index (Phi) is 16.3. The Bertz CT molecular complexity index is 2740. The van der Waals surface area contributed by atoms with Crippen LogP contribution < -0.4 is 15.4 Å². The molecule has 3 N–H and O–H groups in total. The summed E-state index contributed by atoms with van der Waals surface area (Å²) in [7, 11) is 1.40. The minimum Gasteiger partial charge on any atom is -0.469 e. The normalized spacial score (nSPS) is 29.4. The van der Waals surface area contributed by atoms with Crippen LogP contribution in [0.1, 0.15) is 89.7 Å². The van der Waals surface area contributed by atoms with Crippen molar-refractivity contribution < 1.29 is 48.2 Å². The summed E-state index contributed by atoms with van der Waals surface area (Å²) >= 11 is 0. The second-order valence-corrected chi connectivity index (χ2v) is 21.7. The van der Waals surface area contributed by atoms with Gasteiger partial charge in [-0.3, -0.25) is 24.0 Å². The molecule has 4 aromatic carbocycles. The molecule has 0 spiro atoms. The summed E-state index contributed by atoms with van der Waals surface area (Å²) in [5.74, 6) is -0.677. The smallest absolute Gasteiger partial charge is 0.305 e. The molecule has 0 unspecified atom stereocenters. The predicted molar refractivity (Wildman–Crippen MR) is 283 cm³/mol. The van der Waals surface area contributed by atoms with Gasteiger partial charge < -0.3 is 44.7 Å². The van der Waals surface area contributed by atoms with Gasteiger partial charge in [0.25, 0.3) is 11.8 Å². The third kappa shape index (κ3) is 12.1. The maximum Gasteiger partial charge on any atom is 0.305 e. The highest BCUT2D eigenvalue weighted by molar-refractivity contribution is 5.98. The van der Waals surface area contributed by atoms with Crippen molar-refractivity contribution in [3.8, 4) is 11.5 Å². The maximum atomic E-state index is 14.3. The van der Waals surface area contributed by atoms with E-state index < -0.39 is 48.4 Å². The Balaban J connectivity index is 1.08. The third-order valence-corrected chi connectivity index (χ3v) is 17.2. The number of esters is 1. The molecule has 0 saturated heterocycles. The number of nitrogens with zero attached hydrogens (tertiary/aromatic N) is 4. The van der Waals surface area contributed by atoms with Crippen LogP contribution in [-0.4, -0.2) is 95.4 Å². The highest BCUT2D eigenvalue weighted by atomic mass is 16.6. The number of oxime groups is 2. The number of benzene rings is 4. The maximum absolute atomic E-state index is 14.3. The molecule has 0 radical (unpaired) electrons. The number of aliphatic hydroxyl groups excluding tert-OH is 1. The number of aliphatic hydroxyl groups is 1. The standard InChI is InChI=1S/C59H70N6O10/c1-38(15-26-56(71)72-4)47-24-25-48-57-49-31-51(59(47,48)3)63-74-37-55(70)65(33-40-13-9-6-10-14-40)35-53(68)61-43-18-22-46(23-19-43)75-45-20-16-42(17-21-45)60-52(67)34-64(32-39-11-7-5-8-12-39)54(69)36-73-62-50(57)30-41-29-44(66)27-28-58(41,49)2/h5-14,16-23,38,41,44,47-49,57,66H,15,24-37H2,1-4H3,(H,60,67)(H,61,68)/b62-50+,63-51+/t38-,41+,44-,47-,48+,49+,57+,58+,59-/m1/s1. The van der Waals surface area contributed by atoms with Crippen molar-refractivity contribution >= 4 is 52.4 Å². The fourth-order valence-electron chi connectivity index (χ4n) is 13.2. The zero-order valence-corrected chi connectivity index (χ0v) is 43.5. The van der Waals surface area contributed by atoms with Gasteiger partial charge in [0.1, 0.15) is 24.6 Å². The highest BCUT2D eigenvalue weighted by Gasteiger charge is 2.65. The molecule has 6 aliphatic heterocycles. The van der Waals surface area contributed by atoms with Gasteiger partial charge in [-0.15, -0.1) is 0 Å². The van der Waals surface area contributed by atoms with Crippen LogP contribution in [0.2, 0.25) is 0 Å². The molecule has 9 atom stereocenters. The number of nitrogens with one attached hydrogen (secondary N) is 2. The van der Waals surface area contributed by atoms with Crippen LogP contribution in [0.25, 0.3) is 0 Å². The average Bonchev–Trinajstić information content (AvgIpc) is 3.82. The van der Waals surface area contributed by atoms with Crippen molar-refractivity contribution in [2.75, 3.05) is 44.0 Å². The van der Waals surface area contributed by atoms with E-state index in [4.69, 9.17) is 29.5 Å². The van der Waals surface area contributed by atoms with Gasteiger partial charge in [0.05, 0.1) is 24.6 Å². The van der Waals surface area contributed by atoms with E-state index in [2.05, 4.69) is 31.4 Å². The fraction of sp³-hybridized carbons (Fsp3) is 0.475. The monoisotopic (exact) mass is 1020 g/mol. The SMILES string of the molecule is COC(=O)CC[C@@H](C)[C@H]1CC[C@H]2[C@@H]3/C4=N/OCC(=O)N(Cc5ccccc5)CC(=O)Nc5ccc(cc5)Oc5ccc(cc5)NC(=O)CN(Cc5ccccc5)C(=O)CO/N=C(\C[C@@H]3[C@@]3(C)CC[C@@H](O)C[C@H]3C4)[C@]12C. The van der Waals surface area contributed by atoms with Crippen LogP contribution in [0.5, 0.6) is 11.5 Å². The summed E-state index contributed by atoms with van der Waals surface area (Å²) in [5, 5.41) is 26.9. The average molecular weight is 1020 g/mol. The molecule has 4 fully saturated rings. The van der Waals surface area contributed by atoms with Crippen molar-refractivity contribution in [1.29, 1.82) is 0 Å². The van der Waals surface area contributed by atoms with Crippen LogP contribution in [0, 0.1) is 46.3 Å². The number of hydrogen-bond acceptors (Lipinski definition) is 12. The number of anilines is 2. The lowest BCUT2D eigenvalue weighted by atomic mass is 9.43. The first kappa shape index (κ1) is 52.8. The first-order chi connectivity index (χ1) is 36.2. The molecule has 14 rings (SSSR count). The molecule has 4 saturated carbocycles. The lowest BCUT2D eigenvalue weighted by Gasteiger charge is -2.61. The van der Waals surface area contributed by atoms with E-state index in [-0.39, 0.29) is 79.5 Å². The van der Waals surface area contributed by atoms with Gasteiger partial charge in [0.15, 0.2) is 13.2 Å².